The number of phenols is 1. The lowest BCUT2D eigenvalue weighted by molar-refractivity contribution is -0.144. The van der Waals surface area contributed by atoms with Gasteiger partial charge in [0.15, 0.2) is 0 Å². The van der Waals surface area contributed by atoms with Crippen LogP contribution in [0.4, 0.5) is 4.79 Å². The molecule has 1 saturated carbocycles. The predicted molar refractivity (Wildman–Crippen MR) is 158 cm³/mol. The van der Waals surface area contributed by atoms with Gasteiger partial charge in [0, 0.05) is 19.0 Å². The lowest BCUT2D eigenvalue weighted by Gasteiger charge is -2.35. The topological polar surface area (TPSA) is 134 Å². The molecule has 10 heteroatoms. The van der Waals surface area contributed by atoms with Crippen molar-refractivity contribution in [2.45, 2.75) is 91.0 Å². The highest BCUT2D eigenvalue weighted by Crippen LogP contribution is 2.37. The van der Waals surface area contributed by atoms with Crippen molar-refractivity contribution in [2.75, 3.05) is 13.2 Å². The van der Waals surface area contributed by atoms with E-state index < -0.39 is 41.6 Å². The zero-order valence-corrected chi connectivity index (χ0v) is 25.4. The van der Waals surface area contributed by atoms with Crippen LogP contribution in [0.2, 0.25) is 0 Å². The molecule has 2 atom stereocenters. The Hall–Kier alpha value is -4.08. The minimum Gasteiger partial charge on any atom is -0.508 e. The van der Waals surface area contributed by atoms with Crippen molar-refractivity contribution in [3.8, 4) is 5.75 Å². The maximum Gasteiger partial charge on any atom is 0.408 e. The normalized spacial score (nSPS) is 14.3. The van der Waals surface area contributed by atoms with Crippen LogP contribution in [-0.4, -0.2) is 64.7 Å². The molecule has 0 radical (unpaired) electrons. The number of hydrogen-bond acceptors (Lipinski definition) is 7. The SMILES string of the molecule is CCOC(=O)CCNC(=O)C(c1cccc(C)c1C)N(C(=O)C(Cc1ccc(O)cc1)NC(=O)OC(C)(C)C)C1CC1. The first-order valence-electron chi connectivity index (χ1n) is 14.4. The molecule has 0 aliphatic heterocycles. The quantitative estimate of drug-likeness (QED) is 0.319. The third-order valence-electron chi connectivity index (χ3n) is 6.96. The Kier molecular flexibility index (Phi) is 11.0. The van der Waals surface area contributed by atoms with Gasteiger partial charge in [0.1, 0.15) is 23.4 Å². The van der Waals surface area contributed by atoms with Crippen molar-refractivity contribution in [3.63, 3.8) is 0 Å². The number of amides is 3. The molecular formula is C32H43N3O7. The van der Waals surface area contributed by atoms with E-state index in [1.165, 1.54) is 12.1 Å². The zero-order valence-electron chi connectivity index (χ0n) is 25.4. The van der Waals surface area contributed by atoms with Gasteiger partial charge in [0.2, 0.25) is 11.8 Å². The summed E-state index contributed by atoms with van der Waals surface area (Å²) in [5.41, 5.74) is 2.43. The van der Waals surface area contributed by atoms with E-state index in [1.54, 1.807) is 44.7 Å². The van der Waals surface area contributed by atoms with E-state index in [1.807, 2.05) is 32.0 Å². The van der Waals surface area contributed by atoms with E-state index >= 15 is 0 Å². The fourth-order valence-corrected chi connectivity index (χ4v) is 4.67. The Labute approximate surface area is 247 Å². The number of nitrogens with zero attached hydrogens (tertiary/aromatic N) is 1. The largest absolute Gasteiger partial charge is 0.508 e. The first-order chi connectivity index (χ1) is 19.8. The summed E-state index contributed by atoms with van der Waals surface area (Å²) in [6, 6.07) is 9.75. The average Bonchev–Trinajstić information content (AvgIpc) is 3.74. The van der Waals surface area contributed by atoms with Crippen LogP contribution in [0, 0.1) is 13.8 Å². The van der Waals surface area contributed by atoms with Crippen molar-refractivity contribution in [1.29, 1.82) is 0 Å². The highest BCUT2D eigenvalue weighted by Gasteiger charge is 2.44. The molecule has 2 aromatic rings. The monoisotopic (exact) mass is 581 g/mol. The van der Waals surface area contributed by atoms with E-state index in [2.05, 4.69) is 10.6 Å². The molecule has 1 fully saturated rings. The third kappa shape index (κ3) is 9.22. The molecule has 10 nitrogen and oxygen atoms in total. The smallest absolute Gasteiger partial charge is 0.408 e. The fourth-order valence-electron chi connectivity index (χ4n) is 4.67. The molecule has 1 aliphatic rings. The Bertz CT molecular complexity index is 1270. The second-order valence-electron chi connectivity index (χ2n) is 11.6. The summed E-state index contributed by atoms with van der Waals surface area (Å²) < 4.78 is 10.5. The van der Waals surface area contributed by atoms with Gasteiger partial charge in [-0.05, 0) is 88.8 Å². The Morgan fingerprint density at radius 2 is 1.71 bits per heavy atom. The van der Waals surface area contributed by atoms with Crippen LogP contribution in [-0.2, 0) is 30.3 Å². The number of aryl methyl sites for hydroxylation is 1. The number of rotatable bonds is 12. The number of carbonyl (C=O) groups is 4. The number of aromatic hydroxyl groups is 1. The van der Waals surface area contributed by atoms with Crippen molar-refractivity contribution < 1.29 is 33.8 Å². The molecule has 0 bridgehead atoms. The number of ether oxygens (including phenoxy) is 2. The van der Waals surface area contributed by atoms with E-state index in [4.69, 9.17) is 9.47 Å². The van der Waals surface area contributed by atoms with Crippen molar-refractivity contribution in [3.05, 3.63) is 64.7 Å². The Morgan fingerprint density at radius 1 is 1.05 bits per heavy atom. The molecule has 1 aliphatic carbocycles. The lowest BCUT2D eigenvalue weighted by Crippen LogP contribution is -2.54. The van der Waals surface area contributed by atoms with Crippen molar-refractivity contribution >= 4 is 23.9 Å². The molecule has 0 spiro atoms. The summed E-state index contributed by atoms with van der Waals surface area (Å²) in [4.78, 5) is 54.7. The number of esters is 1. The van der Waals surface area contributed by atoms with Crippen LogP contribution in [0.3, 0.4) is 0 Å². The van der Waals surface area contributed by atoms with E-state index in [0.717, 1.165) is 11.1 Å². The highest BCUT2D eigenvalue weighted by atomic mass is 16.6. The second-order valence-corrected chi connectivity index (χ2v) is 11.6. The van der Waals surface area contributed by atoms with Crippen LogP contribution >= 0.6 is 0 Å². The molecule has 3 rings (SSSR count). The summed E-state index contributed by atoms with van der Waals surface area (Å²) in [6.07, 6.45) is 0.784. The predicted octanol–water partition coefficient (Wildman–Crippen LogP) is 4.25. The van der Waals surface area contributed by atoms with Gasteiger partial charge in [-0.1, -0.05) is 30.3 Å². The summed E-state index contributed by atoms with van der Waals surface area (Å²) >= 11 is 0. The number of carbonyl (C=O) groups excluding carboxylic acids is 4. The van der Waals surface area contributed by atoms with Crippen LogP contribution < -0.4 is 10.6 Å². The van der Waals surface area contributed by atoms with Gasteiger partial charge in [-0.2, -0.15) is 0 Å². The van der Waals surface area contributed by atoms with Gasteiger partial charge >= 0.3 is 12.1 Å². The van der Waals surface area contributed by atoms with Crippen molar-refractivity contribution in [2.24, 2.45) is 0 Å². The summed E-state index contributed by atoms with van der Waals surface area (Å²) in [5.74, 6) is -1.20. The maximum absolute atomic E-state index is 14.4. The van der Waals surface area contributed by atoms with Gasteiger partial charge in [-0.25, -0.2) is 4.79 Å². The average molecular weight is 582 g/mol. The molecule has 2 unspecified atom stereocenters. The Balaban J connectivity index is 1.99. The minimum absolute atomic E-state index is 0.000150. The van der Waals surface area contributed by atoms with Gasteiger partial charge in [0.05, 0.1) is 13.0 Å². The first-order valence-corrected chi connectivity index (χ1v) is 14.4. The number of benzene rings is 2. The van der Waals surface area contributed by atoms with Gasteiger partial charge in [-0.3, -0.25) is 14.4 Å². The highest BCUT2D eigenvalue weighted by molar-refractivity contribution is 5.93. The van der Waals surface area contributed by atoms with E-state index in [-0.39, 0.29) is 37.8 Å². The zero-order chi connectivity index (χ0) is 31.0. The molecule has 3 N–H and O–H groups in total. The summed E-state index contributed by atoms with van der Waals surface area (Å²) in [6.45, 7) is 11.1. The Morgan fingerprint density at radius 3 is 2.31 bits per heavy atom. The third-order valence-corrected chi connectivity index (χ3v) is 6.96. The second kappa shape index (κ2) is 14.2. The molecule has 0 aromatic heterocycles. The van der Waals surface area contributed by atoms with Gasteiger partial charge in [-0.15, -0.1) is 0 Å². The summed E-state index contributed by atoms with van der Waals surface area (Å²) in [5, 5.41) is 15.3. The molecule has 42 heavy (non-hydrogen) atoms. The number of nitrogens with one attached hydrogen (secondary N) is 2. The molecule has 228 valence electrons. The number of phenolic OH excluding ortho intramolecular Hbond substituents is 1. The van der Waals surface area contributed by atoms with Crippen LogP contribution in [0.15, 0.2) is 42.5 Å². The molecule has 0 heterocycles. The van der Waals surface area contributed by atoms with Crippen LogP contribution in [0.5, 0.6) is 5.75 Å². The standard InChI is InChI=1S/C32H43N3O7/c1-7-41-27(37)17-18-33-29(38)28(25-10-8-9-20(2)21(25)3)35(23-13-14-23)30(39)26(34-31(40)42-32(4,5)6)19-22-11-15-24(36)16-12-22/h8-12,15-16,23,26,28,36H,7,13-14,17-19H2,1-6H3,(H,33,38)(H,34,40). The number of alkyl carbamates (subject to hydrolysis) is 1. The molecule has 3 amide bonds. The van der Waals surface area contributed by atoms with Crippen LogP contribution in [0.1, 0.15) is 75.3 Å². The van der Waals surface area contributed by atoms with Crippen molar-refractivity contribution in [1.82, 2.24) is 15.5 Å². The fraction of sp³-hybridized carbons (Fsp3) is 0.500. The van der Waals surface area contributed by atoms with E-state index in [9.17, 15) is 24.3 Å². The van der Waals surface area contributed by atoms with Gasteiger partial charge < -0.3 is 30.1 Å². The van der Waals surface area contributed by atoms with E-state index in [0.29, 0.717) is 24.0 Å². The lowest BCUT2D eigenvalue weighted by atomic mass is 9.94. The molecule has 0 saturated heterocycles. The number of hydrogen-bond donors (Lipinski definition) is 3. The maximum atomic E-state index is 14.4. The van der Waals surface area contributed by atoms with Gasteiger partial charge in [0.25, 0.3) is 0 Å². The minimum atomic E-state index is -1.05. The first kappa shape index (κ1) is 32.4. The molecular weight excluding hydrogens is 538 g/mol. The van der Waals surface area contributed by atoms with Crippen LogP contribution in [0.25, 0.3) is 0 Å². The summed E-state index contributed by atoms with van der Waals surface area (Å²) in [7, 11) is 0. The molecule has 2 aromatic carbocycles.